The van der Waals surface area contributed by atoms with Gasteiger partial charge in [0.1, 0.15) is 11.6 Å². The van der Waals surface area contributed by atoms with Gasteiger partial charge in [-0.3, -0.25) is 0 Å². The molecule has 0 spiro atoms. The molecule has 0 saturated carbocycles. The van der Waals surface area contributed by atoms with Crippen LogP contribution in [0, 0.1) is 17.1 Å². The third kappa shape index (κ3) is 3.57. The molecule has 120 valence electrons. The highest BCUT2D eigenvalue weighted by Gasteiger charge is 2.14. The van der Waals surface area contributed by atoms with Crippen LogP contribution in [-0.4, -0.2) is 17.3 Å². The molecule has 0 fully saturated rings. The van der Waals surface area contributed by atoms with E-state index in [0.717, 1.165) is 23.2 Å². The maximum atomic E-state index is 13.7. The number of nitrogens with one attached hydrogen (secondary N) is 1. The van der Waals surface area contributed by atoms with Crippen LogP contribution in [-0.2, 0) is 19.4 Å². The van der Waals surface area contributed by atoms with Gasteiger partial charge in [0, 0.05) is 6.54 Å². The van der Waals surface area contributed by atoms with Crippen molar-refractivity contribution in [3.63, 3.8) is 0 Å². The molecule has 0 aliphatic carbocycles. The first kappa shape index (κ1) is 16.7. The van der Waals surface area contributed by atoms with E-state index >= 15 is 0 Å². The zero-order valence-corrected chi connectivity index (χ0v) is 13.5. The Morgan fingerprint density at radius 1 is 1.26 bits per heavy atom. The quantitative estimate of drug-likeness (QED) is 0.886. The van der Waals surface area contributed by atoms with Gasteiger partial charge in [0.2, 0.25) is 0 Å². The monoisotopic (exact) mass is 314 g/mol. The summed E-state index contributed by atoms with van der Waals surface area (Å²) in [5, 5.41) is 20.8. The van der Waals surface area contributed by atoms with Crippen molar-refractivity contribution in [2.24, 2.45) is 0 Å². The third-order valence-electron chi connectivity index (χ3n) is 3.63. The summed E-state index contributed by atoms with van der Waals surface area (Å²) in [6.07, 6.45) is 1.45. The van der Waals surface area contributed by atoms with Crippen LogP contribution in [0.15, 0.2) is 18.2 Å². The van der Waals surface area contributed by atoms with Crippen LogP contribution in [0.3, 0.4) is 0 Å². The number of hydrogen-bond donors (Lipinski definition) is 1. The largest absolute Gasteiger partial charge is 0.494 e. The van der Waals surface area contributed by atoms with Gasteiger partial charge in [-0.15, -0.1) is 5.10 Å². The maximum Gasteiger partial charge on any atom is 0.167 e. The van der Waals surface area contributed by atoms with Gasteiger partial charge in [-0.2, -0.15) is 10.4 Å². The first-order valence-corrected chi connectivity index (χ1v) is 7.49. The van der Waals surface area contributed by atoms with E-state index in [1.807, 2.05) is 13.8 Å². The summed E-state index contributed by atoms with van der Waals surface area (Å²) >= 11 is 0. The van der Waals surface area contributed by atoms with Gasteiger partial charge in [-0.05, 0) is 36.1 Å². The highest BCUT2D eigenvalue weighted by atomic mass is 19.1. The molecule has 23 heavy (non-hydrogen) atoms. The van der Waals surface area contributed by atoms with E-state index in [2.05, 4.69) is 21.6 Å². The average Bonchev–Trinajstić information content (AvgIpc) is 2.58. The first-order chi connectivity index (χ1) is 11.1. The number of anilines is 1. The molecular formula is C17H19FN4O. The number of ether oxygens (including phenoxy) is 1. The van der Waals surface area contributed by atoms with E-state index in [9.17, 15) is 9.65 Å². The Kier molecular flexibility index (Phi) is 5.47. The van der Waals surface area contributed by atoms with Crippen LogP contribution >= 0.6 is 0 Å². The molecule has 0 amide bonds. The highest BCUT2D eigenvalue weighted by molar-refractivity contribution is 5.56. The van der Waals surface area contributed by atoms with Crippen LogP contribution < -0.4 is 10.1 Å². The molecular weight excluding hydrogens is 295 g/mol. The number of hydrogen-bond acceptors (Lipinski definition) is 5. The van der Waals surface area contributed by atoms with Crippen LogP contribution in [0.4, 0.5) is 10.2 Å². The maximum absolute atomic E-state index is 13.7. The summed E-state index contributed by atoms with van der Waals surface area (Å²) < 4.78 is 18.6. The van der Waals surface area contributed by atoms with E-state index in [-0.39, 0.29) is 5.75 Å². The minimum absolute atomic E-state index is 0.201. The van der Waals surface area contributed by atoms with Gasteiger partial charge in [0.25, 0.3) is 0 Å². The molecule has 2 aromatic rings. The normalized spacial score (nSPS) is 10.2. The summed E-state index contributed by atoms with van der Waals surface area (Å²) in [7, 11) is 1.42. The van der Waals surface area contributed by atoms with Crippen LogP contribution in [0.1, 0.15) is 36.2 Å². The molecule has 0 aliphatic rings. The fourth-order valence-electron chi connectivity index (χ4n) is 2.42. The number of rotatable bonds is 6. The zero-order chi connectivity index (χ0) is 16.8. The van der Waals surface area contributed by atoms with Crippen molar-refractivity contribution in [1.82, 2.24) is 10.2 Å². The van der Waals surface area contributed by atoms with Crippen molar-refractivity contribution < 1.29 is 9.13 Å². The Morgan fingerprint density at radius 3 is 2.61 bits per heavy atom. The number of aromatic nitrogens is 2. The van der Waals surface area contributed by atoms with E-state index in [0.29, 0.717) is 24.3 Å². The Morgan fingerprint density at radius 2 is 2.04 bits per heavy atom. The Hall–Kier alpha value is -2.68. The number of methoxy groups -OCH3 is 1. The van der Waals surface area contributed by atoms with Gasteiger partial charge in [0.05, 0.1) is 12.8 Å². The minimum Gasteiger partial charge on any atom is -0.494 e. The highest BCUT2D eigenvalue weighted by Crippen LogP contribution is 2.22. The van der Waals surface area contributed by atoms with Gasteiger partial charge < -0.3 is 10.1 Å². The topological polar surface area (TPSA) is 70.8 Å². The van der Waals surface area contributed by atoms with Crippen molar-refractivity contribution in [1.29, 1.82) is 5.26 Å². The molecule has 0 saturated heterocycles. The summed E-state index contributed by atoms with van der Waals surface area (Å²) in [6, 6.07) is 6.92. The van der Waals surface area contributed by atoms with Gasteiger partial charge in [0.15, 0.2) is 17.4 Å². The molecule has 6 heteroatoms. The van der Waals surface area contributed by atoms with E-state index in [1.165, 1.54) is 13.2 Å². The zero-order valence-electron chi connectivity index (χ0n) is 13.5. The van der Waals surface area contributed by atoms with Gasteiger partial charge in [-0.1, -0.05) is 19.9 Å². The van der Waals surface area contributed by atoms with E-state index < -0.39 is 5.82 Å². The lowest BCUT2D eigenvalue weighted by Crippen LogP contribution is -2.10. The average molecular weight is 314 g/mol. The smallest absolute Gasteiger partial charge is 0.167 e. The molecule has 0 aliphatic heterocycles. The molecule has 1 aromatic carbocycles. The number of benzene rings is 1. The summed E-state index contributed by atoms with van der Waals surface area (Å²) in [6.45, 7) is 4.32. The van der Waals surface area contributed by atoms with Gasteiger partial charge >= 0.3 is 0 Å². The number of nitriles is 1. The van der Waals surface area contributed by atoms with Crippen molar-refractivity contribution in [2.75, 3.05) is 12.4 Å². The second-order valence-electron chi connectivity index (χ2n) is 4.99. The van der Waals surface area contributed by atoms with Crippen molar-refractivity contribution >= 4 is 5.82 Å². The predicted octanol–water partition coefficient (Wildman–Crippen LogP) is 3.23. The molecule has 1 heterocycles. The van der Waals surface area contributed by atoms with E-state index in [1.54, 1.807) is 12.1 Å². The Bertz CT molecular complexity index is 740. The molecule has 1 N–H and O–H groups in total. The first-order valence-electron chi connectivity index (χ1n) is 7.49. The molecule has 0 bridgehead atoms. The predicted molar refractivity (Wildman–Crippen MR) is 85.8 cm³/mol. The Balaban J connectivity index is 2.24. The van der Waals surface area contributed by atoms with Gasteiger partial charge in [-0.25, -0.2) is 4.39 Å². The summed E-state index contributed by atoms with van der Waals surface area (Å²) in [4.78, 5) is 0. The minimum atomic E-state index is -0.422. The molecule has 5 nitrogen and oxygen atoms in total. The van der Waals surface area contributed by atoms with Crippen LogP contribution in [0.2, 0.25) is 0 Å². The third-order valence-corrected chi connectivity index (χ3v) is 3.63. The fourth-order valence-corrected chi connectivity index (χ4v) is 2.42. The molecule has 1 aromatic heterocycles. The molecule has 0 atom stereocenters. The summed E-state index contributed by atoms with van der Waals surface area (Å²) in [5.41, 5.74) is 2.98. The molecule has 2 rings (SSSR count). The molecule has 0 radical (unpaired) electrons. The standard InChI is InChI=1S/C17H19FN4O/c1-4-12-13(9-19)17(22-21-15(12)5-2)20-10-11-6-7-16(23-3)14(18)8-11/h6-8H,4-5,10H2,1-3H3,(H,20,22). The van der Waals surface area contributed by atoms with Crippen LogP contribution in [0.25, 0.3) is 0 Å². The van der Waals surface area contributed by atoms with Crippen molar-refractivity contribution in [2.45, 2.75) is 33.2 Å². The molecule has 0 unspecified atom stereocenters. The van der Waals surface area contributed by atoms with Crippen LogP contribution in [0.5, 0.6) is 5.75 Å². The van der Waals surface area contributed by atoms with Crippen molar-refractivity contribution in [3.05, 3.63) is 46.4 Å². The number of halogens is 1. The lowest BCUT2D eigenvalue weighted by atomic mass is 10.0. The van der Waals surface area contributed by atoms with E-state index in [4.69, 9.17) is 4.74 Å². The summed E-state index contributed by atoms with van der Waals surface area (Å²) in [5.74, 6) is 0.207. The lowest BCUT2D eigenvalue weighted by molar-refractivity contribution is 0.386. The second-order valence-corrected chi connectivity index (χ2v) is 4.99. The number of aryl methyl sites for hydroxylation is 1. The Labute approximate surface area is 135 Å². The number of nitrogens with zero attached hydrogens (tertiary/aromatic N) is 3. The lowest BCUT2D eigenvalue weighted by Gasteiger charge is -2.12. The van der Waals surface area contributed by atoms with Crippen molar-refractivity contribution in [3.8, 4) is 11.8 Å². The SMILES string of the molecule is CCc1nnc(NCc2ccc(OC)c(F)c2)c(C#N)c1CC. The fraction of sp³-hybridized carbons (Fsp3) is 0.353. The second kappa shape index (κ2) is 7.54.